The van der Waals surface area contributed by atoms with Gasteiger partial charge in [-0.05, 0) is 53.6 Å². The van der Waals surface area contributed by atoms with Gasteiger partial charge in [0, 0.05) is 11.3 Å². The zero-order chi connectivity index (χ0) is 29.2. The molecular formula is C32H25F3N2O4. The van der Waals surface area contributed by atoms with Gasteiger partial charge in [0.25, 0.3) is 5.91 Å². The zero-order valence-electron chi connectivity index (χ0n) is 21.9. The molecule has 4 aromatic rings. The van der Waals surface area contributed by atoms with Crippen LogP contribution in [-0.2, 0) is 24.2 Å². The number of methoxy groups -OCH3 is 1. The maximum atomic E-state index is 13.0. The van der Waals surface area contributed by atoms with Crippen LogP contribution in [0.5, 0.6) is 17.2 Å². The molecule has 0 fully saturated rings. The second-order valence-corrected chi connectivity index (χ2v) is 8.79. The molecule has 0 aliphatic heterocycles. The topological polar surface area (TPSA) is 80.6 Å². The van der Waals surface area contributed by atoms with E-state index in [1.54, 1.807) is 49.6 Å². The lowest BCUT2D eigenvalue weighted by Gasteiger charge is -2.14. The number of alkyl halides is 3. The first-order valence-electron chi connectivity index (χ1n) is 12.4. The van der Waals surface area contributed by atoms with Gasteiger partial charge < -0.3 is 19.5 Å². The number of ether oxygens (including phenoxy) is 3. The largest absolute Gasteiger partial charge is 0.493 e. The summed E-state index contributed by atoms with van der Waals surface area (Å²) in [5.41, 5.74) is 0.949. The van der Waals surface area contributed by atoms with E-state index in [2.05, 4.69) is 5.32 Å². The Kier molecular flexibility index (Phi) is 9.28. The molecule has 0 saturated heterocycles. The van der Waals surface area contributed by atoms with Crippen molar-refractivity contribution in [2.45, 2.75) is 19.4 Å². The van der Waals surface area contributed by atoms with Gasteiger partial charge in [0.2, 0.25) is 0 Å². The summed E-state index contributed by atoms with van der Waals surface area (Å²) in [7, 11) is 1.54. The second kappa shape index (κ2) is 13.2. The van der Waals surface area contributed by atoms with Crippen molar-refractivity contribution in [1.29, 1.82) is 5.26 Å². The molecule has 0 aliphatic rings. The summed E-state index contributed by atoms with van der Waals surface area (Å²) < 4.78 is 56.4. The monoisotopic (exact) mass is 558 g/mol. The number of anilines is 1. The van der Waals surface area contributed by atoms with Gasteiger partial charge in [-0.15, -0.1) is 0 Å². The van der Waals surface area contributed by atoms with Crippen LogP contribution in [0.4, 0.5) is 18.9 Å². The smallest absolute Gasteiger partial charge is 0.416 e. The Bertz CT molecular complexity index is 1580. The van der Waals surface area contributed by atoms with Crippen molar-refractivity contribution >= 4 is 17.7 Å². The van der Waals surface area contributed by atoms with Gasteiger partial charge >= 0.3 is 6.18 Å². The lowest BCUT2D eigenvalue weighted by atomic mass is 10.1. The molecular weight excluding hydrogens is 533 g/mol. The second-order valence-electron chi connectivity index (χ2n) is 8.79. The summed E-state index contributed by atoms with van der Waals surface area (Å²) >= 11 is 0. The average Bonchev–Trinajstić information content (AvgIpc) is 2.98. The van der Waals surface area contributed by atoms with E-state index < -0.39 is 17.6 Å². The predicted molar refractivity (Wildman–Crippen MR) is 148 cm³/mol. The number of hydrogen-bond acceptors (Lipinski definition) is 5. The minimum absolute atomic E-state index is 0.0827. The van der Waals surface area contributed by atoms with Crippen LogP contribution in [0, 0.1) is 11.3 Å². The van der Waals surface area contributed by atoms with Crippen LogP contribution in [0.1, 0.15) is 22.3 Å². The molecule has 9 heteroatoms. The Morgan fingerprint density at radius 2 is 1.54 bits per heavy atom. The van der Waals surface area contributed by atoms with Crippen molar-refractivity contribution in [2.24, 2.45) is 0 Å². The first-order chi connectivity index (χ1) is 19.8. The number of carbonyl (C=O) groups excluding carboxylic acids is 1. The van der Waals surface area contributed by atoms with E-state index >= 15 is 0 Å². The predicted octanol–water partition coefficient (Wildman–Crippen LogP) is 7.42. The third-order valence-corrected chi connectivity index (χ3v) is 5.89. The van der Waals surface area contributed by atoms with Crippen molar-refractivity contribution < 1.29 is 32.2 Å². The number of nitriles is 1. The van der Waals surface area contributed by atoms with Gasteiger partial charge in [0.1, 0.15) is 30.6 Å². The molecule has 1 N–H and O–H groups in total. The summed E-state index contributed by atoms with van der Waals surface area (Å²) in [4.78, 5) is 12.7. The normalized spacial score (nSPS) is 11.3. The van der Waals surface area contributed by atoms with Crippen LogP contribution in [0.3, 0.4) is 0 Å². The molecule has 41 heavy (non-hydrogen) atoms. The minimum atomic E-state index is -4.57. The number of amides is 1. The van der Waals surface area contributed by atoms with Gasteiger partial charge in [-0.1, -0.05) is 60.7 Å². The SMILES string of the molecule is COc1cc(COc2ccccc2/C=C(\C#N)C(=O)Nc2cccc(C(F)(F)F)c2)ccc1OCc1ccccc1. The summed E-state index contributed by atoms with van der Waals surface area (Å²) in [6.45, 7) is 0.536. The Labute approximate surface area is 235 Å². The summed E-state index contributed by atoms with van der Waals surface area (Å²) in [5.74, 6) is 0.662. The number of benzene rings is 4. The maximum Gasteiger partial charge on any atom is 0.416 e. The zero-order valence-corrected chi connectivity index (χ0v) is 21.9. The summed E-state index contributed by atoms with van der Waals surface area (Å²) in [6.07, 6.45) is -3.25. The molecule has 0 unspecified atom stereocenters. The number of nitrogens with one attached hydrogen (secondary N) is 1. The molecule has 0 spiro atoms. The fourth-order valence-electron chi connectivity index (χ4n) is 3.82. The fourth-order valence-corrected chi connectivity index (χ4v) is 3.82. The van der Waals surface area contributed by atoms with Gasteiger partial charge in [-0.3, -0.25) is 4.79 Å². The van der Waals surface area contributed by atoms with E-state index in [1.807, 2.05) is 36.4 Å². The van der Waals surface area contributed by atoms with Crippen LogP contribution >= 0.6 is 0 Å². The Morgan fingerprint density at radius 1 is 0.829 bits per heavy atom. The molecule has 4 aromatic carbocycles. The molecule has 0 aliphatic carbocycles. The highest BCUT2D eigenvalue weighted by atomic mass is 19.4. The van der Waals surface area contributed by atoms with Crippen LogP contribution in [-0.4, -0.2) is 13.0 Å². The number of nitrogens with zero attached hydrogens (tertiary/aromatic N) is 1. The number of rotatable bonds is 10. The number of carbonyl (C=O) groups is 1. The highest BCUT2D eigenvalue weighted by Gasteiger charge is 2.30. The van der Waals surface area contributed by atoms with Gasteiger partial charge in [-0.25, -0.2) is 0 Å². The standard InChI is InChI=1S/C32H25F3N2O4/c1-39-30-16-23(14-15-29(30)41-20-22-8-3-2-4-9-22)21-40-28-13-6-5-10-24(28)17-25(19-36)31(38)37-27-12-7-11-26(18-27)32(33,34)35/h2-18H,20-21H2,1H3,(H,37,38)/b25-17+. The molecule has 6 nitrogen and oxygen atoms in total. The first-order valence-corrected chi connectivity index (χ1v) is 12.4. The van der Waals surface area contributed by atoms with E-state index in [0.29, 0.717) is 29.4 Å². The molecule has 0 aromatic heterocycles. The fraction of sp³-hybridized carbons (Fsp3) is 0.125. The van der Waals surface area contributed by atoms with E-state index in [4.69, 9.17) is 14.2 Å². The van der Waals surface area contributed by atoms with Gasteiger partial charge in [0.15, 0.2) is 11.5 Å². The van der Waals surface area contributed by atoms with E-state index in [0.717, 1.165) is 23.3 Å². The van der Waals surface area contributed by atoms with Gasteiger partial charge in [-0.2, -0.15) is 18.4 Å². The third-order valence-electron chi connectivity index (χ3n) is 5.89. The van der Waals surface area contributed by atoms with Crippen molar-refractivity contribution in [3.63, 3.8) is 0 Å². The molecule has 0 radical (unpaired) electrons. The van der Waals surface area contributed by atoms with E-state index in [9.17, 15) is 23.2 Å². The Hall–Kier alpha value is -5.23. The third kappa shape index (κ3) is 7.90. The summed E-state index contributed by atoms with van der Waals surface area (Å²) in [6, 6.07) is 27.9. The lowest BCUT2D eigenvalue weighted by molar-refractivity contribution is -0.137. The van der Waals surface area contributed by atoms with E-state index in [-0.39, 0.29) is 17.9 Å². The van der Waals surface area contributed by atoms with Crippen LogP contribution in [0.15, 0.2) is 103 Å². The molecule has 0 atom stereocenters. The van der Waals surface area contributed by atoms with Crippen molar-refractivity contribution in [1.82, 2.24) is 0 Å². The first kappa shape index (κ1) is 28.8. The summed E-state index contributed by atoms with van der Waals surface area (Å²) in [5, 5.41) is 11.9. The number of hydrogen-bond donors (Lipinski definition) is 1. The molecule has 1 amide bonds. The molecule has 0 saturated carbocycles. The Morgan fingerprint density at radius 3 is 2.27 bits per heavy atom. The highest BCUT2D eigenvalue weighted by Crippen LogP contribution is 2.32. The van der Waals surface area contributed by atoms with Crippen molar-refractivity contribution in [3.8, 4) is 23.3 Å². The molecule has 208 valence electrons. The minimum Gasteiger partial charge on any atom is -0.493 e. The highest BCUT2D eigenvalue weighted by molar-refractivity contribution is 6.09. The quantitative estimate of drug-likeness (QED) is 0.162. The molecule has 0 bridgehead atoms. The lowest BCUT2D eigenvalue weighted by Crippen LogP contribution is -2.14. The molecule has 0 heterocycles. The van der Waals surface area contributed by atoms with Crippen molar-refractivity contribution in [3.05, 3.63) is 125 Å². The number of halogens is 3. The van der Waals surface area contributed by atoms with Crippen molar-refractivity contribution in [2.75, 3.05) is 12.4 Å². The van der Waals surface area contributed by atoms with Crippen LogP contribution in [0.25, 0.3) is 6.08 Å². The average molecular weight is 559 g/mol. The molecule has 4 rings (SSSR count). The van der Waals surface area contributed by atoms with Crippen LogP contribution in [0.2, 0.25) is 0 Å². The van der Waals surface area contributed by atoms with Crippen LogP contribution < -0.4 is 19.5 Å². The maximum absolute atomic E-state index is 13.0. The number of para-hydroxylation sites is 1. The van der Waals surface area contributed by atoms with E-state index in [1.165, 1.54) is 18.2 Å². The Balaban J connectivity index is 1.45. The van der Waals surface area contributed by atoms with Gasteiger partial charge in [0.05, 0.1) is 12.7 Å².